The molecule has 0 bridgehead atoms. The maximum atomic E-state index is 13.6. The number of nitrogens with one attached hydrogen (secondary N) is 1. The molecule has 0 saturated carbocycles. The first kappa shape index (κ1) is 19.8. The lowest BCUT2D eigenvalue weighted by Crippen LogP contribution is -2.34. The number of rotatable bonds is 3. The van der Waals surface area contributed by atoms with E-state index >= 15 is 0 Å². The highest BCUT2D eigenvalue weighted by Crippen LogP contribution is 2.27. The maximum Gasteiger partial charge on any atom is 0.322 e. The zero-order valence-corrected chi connectivity index (χ0v) is 16.2. The van der Waals surface area contributed by atoms with Crippen molar-refractivity contribution in [1.82, 2.24) is 9.47 Å². The molecule has 146 valence electrons. The number of amides is 2. The van der Waals surface area contributed by atoms with E-state index in [1.807, 2.05) is 0 Å². The van der Waals surface area contributed by atoms with Crippen LogP contribution in [0.1, 0.15) is 18.5 Å². The summed E-state index contributed by atoms with van der Waals surface area (Å²) in [6.45, 7) is 1.79. The fourth-order valence-corrected chi connectivity index (χ4v) is 3.16. The van der Waals surface area contributed by atoms with Gasteiger partial charge in [0.25, 0.3) is 5.56 Å². The van der Waals surface area contributed by atoms with E-state index in [1.54, 1.807) is 27.2 Å². The Morgan fingerprint density at radius 1 is 1.18 bits per heavy atom. The highest BCUT2D eigenvalue weighted by molar-refractivity contribution is 6.31. The lowest BCUT2D eigenvalue weighted by Gasteiger charge is -2.27. The third kappa shape index (κ3) is 3.71. The lowest BCUT2D eigenvalue weighted by molar-refractivity contribution is 0.208. The first-order valence-corrected chi connectivity index (χ1v) is 8.84. The van der Waals surface area contributed by atoms with Crippen LogP contribution in [0, 0.1) is 11.6 Å². The predicted octanol–water partition coefficient (Wildman–Crippen LogP) is 4.70. The number of pyridine rings is 1. The molecule has 0 aliphatic carbocycles. The van der Waals surface area contributed by atoms with E-state index in [0.717, 1.165) is 6.07 Å². The average Bonchev–Trinajstić information content (AvgIpc) is 2.66. The van der Waals surface area contributed by atoms with Crippen LogP contribution >= 0.6 is 11.6 Å². The van der Waals surface area contributed by atoms with Gasteiger partial charge in [-0.05, 0) is 48.2 Å². The molecule has 5 nitrogen and oxygen atoms in total. The van der Waals surface area contributed by atoms with Crippen molar-refractivity contribution in [1.29, 1.82) is 0 Å². The fourth-order valence-electron chi connectivity index (χ4n) is 2.97. The van der Waals surface area contributed by atoms with Gasteiger partial charge < -0.3 is 14.8 Å². The van der Waals surface area contributed by atoms with E-state index in [1.165, 1.54) is 39.8 Å². The summed E-state index contributed by atoms with van der Waals surface area (Å²) in [5.41, 5.74) is 0.716. The van der Waals surface area contributed by atoms with Crippen LogP contribution in [0.3, 0.4) is 0 Å². The van der Waals surface area contributed by atoms with E-state index in [2.05, 4.69) is 5.32 Å². The van der Waals surface area contributed by atoms with Crippen LogP contribution in [0.4, 0.5) is 19.3 Å². The molecule has 0 radical (unpaired) electrons. The Morgan fingerprint density at radius 3 is 2.57 bits per heavy atom. The molecule has 0 aliphatic heterocycles. The number of hydrogen-bond acceptors (Lipinski definition) is 2. The van der Waals surface area contributed by atoms with Crippen molar-refractivity contribution in [3.05, 3.63) is 75.2 Å². The number of urea groups is 1. The van der Waals surface area contributed by atoms with Gasteiger partial charge in [-0.3, -0.25) is 4.79 Å². The summed E-state index contributed by atoms with van der Waals surface area (Å²) in [6.07, 6.45) is 1.63. The summed E-state index contributed by atoms with van der Waals surface area (Å²) in [5.74, 6) is -1.08. The highest BCUT2D eigenvalue weighted by Gasteiger charge is 2.21. The Kier molecular flexibility index (Phi) is 5.38. The van der Waals surface area contributed by atoms with Crippen molar-refractivity contribution in [3.63, 3.8) is 0 Å². The summed E-state index contributed by atoms with van der Waals surface area (Å²) in [7, 11) is 3.16. The molecule has 1 heterocycles. The monoisotopic (exact) mass is 405 g/mol. The van der Waals surface area contributed by atoms with Crippen molar-refractivity contribution < 1.29 is 13.6 Å². The molecule has 2 amide bonds. The quantitative estimate of drug-likeness (QED) is 0.687. The van der Waals surface area contributed by atoms with Gasteiger partial charge >= 0.3 is 6.03 Å². The zero-order valence-electron chi connectivity index (χ0n) is 15.5. The number of aromatic nitrogens is 1. The molecule has 3 aromatic rings. The zero-order chi connectivity index (χ0) is 20.6. The van der Waals surface area contributed by atoms with Crippen LogP contribution in [-0.4, -0.2) is 22.5 Å². The van der Waals surface area contributed by atoms with E-state index in [0.29, 0.717) is 16.6 Å². The molecule has 3 rings (SSSR count). The Morgan fingerprint density at radius 2 is 1.89 bits per heavy atom. The van der Waals surface area contributed by atoms with E-state index < -0.39 is 23.7 Å². The molecule has 0 saturated heterocycles. The number of nitrogens with zero attached hydrogens (tertiary/aromatic N) is 2. The molecule has 1 aromatic heterocycles. The van der Waals surface area contributed by atoms with Crippen LogP contribution in [0.25, 0.3) is 10.8 Å². The minimum absolute atomic E-state index is 0.0976. The predicted molar refractivity (Wildman–Crippen MR) is 106 cm³/mol. The Labute approximate surface area is 165 Å². The van der Waals surface area contributed by atoms with Gasteiger partial charge in [0.2, 0.25) is 0 Å². The molecule has 1 atom stereocenters. The third-order valence-corrected chi connectivity index (χ3v) is 4.99. The average molecular weight is 406 g/mol. The molecule has 2 aromatic carbocycles. The first-order valence-electron chi connectivity index (χ1n) is 8.46. The number of fused-ring (bicyclic) bond motifs is 1. The minimum Gasteiger partial charge on any atom is -0.321 e. The van der Waals surface area contributed by atoms with Crippen LogP contribution in [0.2, 0.25) is 5.02 Å². The molecule has 0 spiro atoms. The summed E-state index contributed by atoms with van der Waals surface area (Å²) in [5, 5.41) is 3.37. The second-order valence-corrected chi connectivity index (χ2v) is 6.94. The number of anilines is 1. The molecule has 1 N–H and O–H groups in total. The second-order valence-electron chi connectivity index (χ2n) is 6.54. The van der Waals surface area contributed by atoms with Crippen LogP contribution in [0.15, 0.2) is 47.4 Å². The summed E-state index contributed by atoms with van der Waals surface area (Å²) in [4.78, 5) is 26.4. The van der Waals surface area contributed by atoms with Crippen LogP contribution < -0.4 is 10.9 Å². The topological polar surface area (TPSA) is 54.3 Å². The Balaban J connectivity index is 1.93. The smallest absolute Gasteiger partial charge is 0.321 e. The van der Waals surface area contributed by atoms with Crippen molar-refractivity contribution in [2.45, 2.75) is 13.0 Å². The van der Waals surface area contributed by atoms with E-state index in [9.17, 15) is 18.4 Å². The molecule has 8 heteroatoms. The number of hydrogen-bond donors (Lipinski definition) is 1. The Hall–Kier alpha value is -2.93. The molecular formula is C20H18ClF2N3O2. The Bertz CT molecular complexity index is 1130. The SMILES string of the molecule is C[C@@H](c1cn(C)c(=O)c2cc(F)ccc12)N(C)C(=O)Nc1ccc(F)c(Cl)c1. The standard InChI is InChI=1S/C20H18ClF2N3O2/c1-11(26(3)20(28)24-13-5-7-18(23)17(21)9-13)16-10-25(2)19(27)15-8-12(22)4-6-14(15)16/h4-11H,1-3H3,(H,24,28)/t11-/m0/s1. The molecule has 28 heavy (non-hydrogen) atoms. The van der Waals surface area contributed by atoms with Gasteiger partial charge in [-0.1, -0.05) is 17.7 Å². The molecular weight excluding hydrogens is 388 g/mol. The van der Waals surface area contributed by atoms with Gasteiger partial charge in [-0.2, -0.15) is 0 Å². The normalized spacial score (nSPS) is 12.1. The largest absolute Gasteiger partial charge is 0.322 e. The van der Waals surface area contributed by atoms with Crippen molar-refractivity contribution in [2.24, 2.45) is 7.05 Å². The van der Waals surface area contributed by atoms with Gasteiger partial charge in [-0.25, -0.2) is 13.6 Å². The lowest BCUT2D eigenvalue weighted by atomic mass is 10.0. The molecule has 0 unspecified atom stereocenters. The highest BCUT2D eigenvalue weighted by atomic mass is 35.5. The third-order valence-electron chi connectivity index (χ3n) is 4.70. The van der Waals surface area contributed by atoms with Crippen LogP contribution in [-0.2, 0) is 7.05 Å². The fraction of sp³-hybridized carbons (Fsp3) is 0.200. The molecule has 0 fully saturated rings. The number of benzene rings is 2. The number of carbonyl (C=O) groups is 1. The van der Waals surface area contributed by atoms with E-state index in [4.69, 9.17) is 11.6 Å². The number of halogens is 3. The summed E-state index contributed by atoms with van der Waals surface area (Å²) < 4.78 is 28.3. The molecule has 0 aliphatic rings. The van der Waals surface area contributed by atoms with Crippen LogP contribution in [0.5, 0.6) is 0 Å². The summed E-state index contributed by atoms with van der Waals surface area (Å²) >= 11 is 5.74. The maximum absolute atomic E-state index is 13.6. The minimum atomic E-state index is -0.578. The second kappa shape index (κ2) is 7.59. The van der Waals surface area contributed by atoms with Gasteiger partial charge in [0.15, 0.2) is 0 Å². The van der Waals surface area contributed by atoms with E-state index in [-0.39, 0.29) is 16.0 Å². The van der Waals surface area contributed by atoms with Gasteiger partial charge in [0.05, 0.1) is 16.5 Å². The van der Waals surface area contributed by atoms with Crippen molar-refractivity contribution >= 4 is 34.1 Å². The van der Waals surface area contributed by atoms with Gasteiger partial charge in [0.1, 0.15) is 11.6 Å². The summed E-state index contributed by atoms with van der Waals surface area (Å²) in [6, 6.07) is 7.00. The number of aryl methyl sites for hydroxylation is 1. The first-order chi connectivity index (χ1) is 13.2. The number of carbonyl (C=O) groups excluding carboxylic acids is 1. The van der Waals surface area contributed by atoms with Gasteiger partial charge in [-0.15, -0.1) is 0 Å². The van der Waals surface area contributed by atoms with Gasteiger partial charge in [0, 0.05) is 26.0 Å². The van der Waals surface area contributed by atoms with Crippen molar-refractivity contribution in [3.8, 4) is 0 Å². The van der Waals surface area contributed by atoms with Crippen molar-refractivity contribution in [2.75, 3.05) is 12.4 Å².